The summed E-state index contributed by atoms with van der Waals surface area (Å²) in [4.78, 5) is 24.0. The molecule has 4 rings (SSSR count). The Balaban J connectivity index is 1.63. The first-order valence-electron chi connectivity index (χ1n) is 7.92. The smallest absolute Gasteiger partial charge is 0.421 e. The third-order valence-electron chi connectivity index (χ3n) is 5.03. The molecule has 0 unspecified atom stereocenters. The molecule has 1 aliphatic heterocycles. The van der Waals surface area contributed by atoms with Crippen LogP contribution in [0.15, 0.2) is 6.20 Å². The molecule has 2 fully saturated rings. The van der Waals surface area contributed by atoms with Crippen molar-refractivity contribution >= 4 is 45.7 Å². The van der Waals surface area contributed by atoms with Gasteiger partial charge in [0.2, 0.25) is 5.95 Å². The van der Waals surface area contributed by atoms with E-state index in [1.54, 1.807) is 0 Å². The van der Waals surface area contributed by atoms with Gasteiger partial charge in [-0.25, -0.2) is 9.97 Å². The molecule has 3 atom stereocenters. The summed E-state index contributed by atoms with van der Waals surface area (Å²) in [6, 6.07) is 0. The molecule has 2 aromatic heterocycles. The fourth-order valence-electron chi connectivity index (χ4n) is 3.49. The molecule has 2 N–H and O–H groups in total. The van der Waals surface area contributed by atoms with E-state index in [2.05, 4.69) is 25.6 Å². The number of nitrogens with zero attached hydrogens (tertiary/aromatic N) is 3. The summed E-state index contributed by atoms with van der Waals surface area (Å²) >= 11 is 7.31. The number of alkyl halides is 3. The molecule has 0 spiro atoms. The minimum absolute atomic E-state index is 0.0679. The minimum Gasteiger partial charge on any atom is -0.465 e. The highest BCUT2D eigenvalue weighted by molar-refractivity contribution is 7.16. The lowest BCUT2D eigenvalue weighted by Crippen LogP contribution is -2.21. The van der Waals surface area contributed by atoms with Crippen LogP contribution in [0.2, 0.25) is 5.15 Å². The number of halogens is 4. The number of carbonyl (C=O) groups excluding carboxylic acids is 1. The lowest BCUT2D eigenvalue weighted by atomic mass is 10.1. The molecule has 1 saturated heterocycles. The van der Waals surface area contributed by atoms with E-state index in [0.717, 1.165) is 11.3 Å². The van der Waals surface area contributed by atoms with Crippen LogP contribution in [0, 0.1) is 11.8 Å². The molecule has 27 heavy (non-hydrogen) atoms. The van der Waals surface area contributed by atoms with E-state index in [9.17, 15) is 18.0 Å². The number of hydrogen-bond acceptors (Lipinski definition) is 8. The number of ether oxygens (including phenoxy) is 1. The fraction of sp³-hybridized carbons (Fsp3) is 0.467. The average Bonchev–Trinajstić information content (AvgIpc) is 2.86. The highest BCUT2D eigenvalue weighted by Crippen LogP contribution is 2.65. The van der Waals surface area contributed by atoms with Crippen molar-refractivity contribution in [3.63, 3.8) is 0 Å². The molecule has 1 aliphatic carbocycles. The first-order valence-corrected chi connectivity index (χ1v) is 9.12. The van der Waals surface area contributed by atoms with Crippen molar-refractivity contribution in [1.29, 1.82) is 0 Å². The third kappa shape index (κ3) is 2.63. The second kappa shape index (κ2) is 5.93. The normalized spacial score (nSPS) is 26.5. The standard InChI is InChI=1S/C15H13ClF3N5O2S/c1-5-7-4-26-12(25)14(5,7)11-22-8(16)10(27-11)24-13-21-3-6(15(17,18)19)9(20-2)23-13/h3,5,7H,4H2,1-2H3,(H2,20,21,23,24)/t5-,7+,14-/m1/s1. The Morgan fingerprint density at radius 1 is 1.41 bits per heavy atom. The van der Waals surface area contributed by atoms with Crippen molar-refractivity contribution < 1.29 is 22.7 Å². The van der Waals surface area contributed by atoms with Crippen molar-refractivity contribution in [2.45, 2.75) is 18.5 Å². The summed E-state index contributed by atoms with van der Waals surface area (Å²) in [5.41, 5.74) is -1.75. The minimum atomic E-state index is -4.58. The molecule has 144 valence electrons. The van der Waals surface area contributed by atoms with Crippen molar-refractivity contribution in [2.75, 3.05) is 24.3 Å². The average molecular weight is 420 g/mol. The Morgan fingerprint density at radius 3 is 2.74 bits per heavy atom. The Labute approximate surface area is 160 Å². The van der Waals surface area contributed by atoms with Gasteiger partial charge in [0.15, 0.2) is 5.15 Å². The zero-order valence-corrected chi connectivity index (χ0v) is 15.6. The van der Waals surface area contributed by atoms with Gasteiger partial charge in [0, 0.05) is 19.2 Å². The van der Waals surface area contributed by atoms with E-state index < -0.39 is 17.2 Å². The molecular weight excluding hydrogens is 407 g/mol. The zero-order chi connectivity index (χ0) is 19.6. The topological polar surface area (TPSA) is 89.0 Å². The molecule has 2 aromatic rings. The quantitative estimate of drug-likeness (QED) is 0.733. The van der Waals surface area contributed by atoms with Crippen LogP contribution >= 0.6 is 22.9 Å². The van der Waals surface area contributed by atoms with E-state index in [4.69, 9.17) is 16.3 Å². The van der Waals surface area contributed by atoms with Crippen LogP contribution in [0.3, 0.4) is 0 Å². The maximum atomic E-state index is 12.9. The molecule has 3 heterocycles. The Hall–Kier alpha value is -2.14. The van der Waals surface area contributed by atoms with Crippen molar-refractivity contribution in [2.24, 2.45) is 11.8 Å². The molecule has 0 amide bonds. The number of rotatable bonds is 4. The van der Waals surface area contributed by atoms with Gasteiger partial charge in [-0.2, -0.15) is 18.2 Å². The van der Waals surface area contributed by atoms with Crippen LogP contribution in [-0.2, 0) is 21.1 Å². The van der Waals surface area contributed by atoms with Gasteiger partial charge in [0.05, 0.1) is 6.61 Å². The first-order chi connectivity index (χ1) is 12.7. The molecule has 0 aromatic carbocycles. The fourth-order valence-corrected chi connectivity index (χ4v) is 4.98. The summed E-state index contributed by atoms with van der Waals surface area (Å²) in [6.45, 7) is 2.30. The van der Waals surface area contributed by atoms with Crippen LogP contribution in [0.25, 0.3) is 0 Å². The number of carbonyl (C=O) groups is 1. The number of nitrogens with one attached hydrogen (secondary N) is 2. The number of thiazole rings is 1. The van der Waals surface area contributed by atoms with Crippen LogP contribution in [0.4, 0.5) is 29.9 Å². The molecule has 12 heteroatoms. The highest BCUT2D eigenvalue weighted by Gasteiger charge is 2.75. The van der Waals surface area contributed by atoms with Crippen molar-refractivity contribution in [3.05, 3.63) is 21.9 Å². The van der Waals surface area contributed by atoms with E-state index in [-0.39, 0.29) is 34.7 Å². The van der Waals surface area contributed by atoms with E-state index in [1.807, 2.05) is 6.92 Å². The second-order valence-corrected chi connectivity index (χ2v) is 7.69. The Kier molecular flexibility index (Phi) is 4.00. The summed E-state index contributed by atoms with van der Waals surface area (Å²) < 4.78 is 43.9. The summed E-state index contributed by atoms with van der Waals surface area (Å²) in [5.74, 6) is -0.587. The van der Waals surface area contributed by atoms with Crippen molar-refractivity contribution in [1.82, 2.24) is 15.0 Å². The molecule has 0 radical (unpaired) electrons. The van der Waals surface area contributed by atoms with Gasteiger partial charge in [-0.1, -0.05) is 29.9 Å². The van der Waals surface area contributed by atoms with Crippen molar-refractivity contribution in [3.8, 4) is 0 Å². The number of cyclic esters (lactones) is 1. The summed E-state index contributed by atoms with van der Waals surface area (Å²) in [7, 11) is 1.33. The van der Waals surface area contributed by atoms with Crippen LogP contribution in [0.5, 0.6) is 0 Å². The number of fused-ring (bicyclic) bond motifs is 1. The molecule has 7 nitrogen and oxygen atoms in total. The SMILES string of the molecule is CNc1nc(Nc2sc([C@]34C(=O)OC[C@H]3[C@H]4C)nc2Cl)ncc1C(F)(F)F. The third-order valence-corrected chi connectivity index (χ3v) is 6.53. The van der Waals surface area contributed by atoms with Gasteiger partial charge in [0.1, 0.15) is 26.8 Å². The second-order valence-electron chi connectivity index (χ2n) is 6.33. The molecular formula is C15H13ClF3N5O2S. The molecule has 0 bridgehead atoms. The summed E-state index contributed by atoms with van der Waals surface area (Å²) in [6.07, 6.45) is -3.89. The van der Waals surface area contributed by atoms with E-state index >= 15 is 0 Å². The number of esters is 1. The van der Waals surface area contributed by atoms with E-state index in [1.165, 1.54) is 7.05 Å². The maximum absolute atomic E-state index is 12.9. The lowest BCUT2D eigenvalue weighted by Gasteiger charge is -2.12. The van der Waals surface area contributed by atoms with Gasteiger partial charge >= 0.3 is 12.1 Å². The van der Waals surface area contributed by atoms with Gasteiger partial charge in [-0.05, 0) is 5.92 Å². The Bertz CT molecular complexity index is 937. The zero-order valence-electron chi connectivity index (χ0n) is 14.0. The van der Waals surface area contributed by atoms with Crippen LogP contribution in [-0.4, -0.2) is 34.6 Å². The monoisotopic (exact) mass is 419 g/mol. The summed E-state index contributed by atoms with van der Waals surface area (Å²) in [5, 5.41) is 6.14. The van der Waals surface area contributed by atoms with Gasteiger partial charge < -0.3 is 15.4 Å². The molecule has 1 saturated carbocycles. The van der Waals surface area contributed by atoms with Crippen LogP contribution < -0.4 is 10.6 Å². The number of aromatic nitrogens is 3. The van der Waals surface area contributed by atoms with Gasteiger partial charge in [-0.3, -0.25) is 4.79 Å². The number of anilines is 3. The predicted molar refractivity (Wildman–Crippen MR) is 92.3 cm³/mol. The van der Waals surface area contributed by atoms with Gasteiger partial charge in [-0.15, -0.1) is 0 Å². The Morgan fingerprint density at radius 2 is 2.15 bits per heavy atom. The van der Waals surface area contributed by atoms with Crippen LogP contribution in [0.1, 0.15) is 17.5 Å². The van der Waals surface area contributed by atoms with E-state index in [0.29, 0.717) is 22.8 Å². The predicted octanol–water partition coefficient (Wildman–Crippen LogP) is 3.45. The number of hydrogen-bond donors (Lipinski definition) is 2. The molecule has 2 aliphatic rings. The highest BCUT2D eigenvalue weighted by atomic mass is 35.5. The lowest BCUT2D eigenvalue weighted by molar-refractivity contribution is -0.143. The largest absolute Gasteiger partial charge is 0.465 e. The van der Waals surface area contributed by atoms with Gasteiger partial charge in [0.25, 0.3) is 0 Å². The first kappa shape index (κ1) is 18.2. The maximum Gasteiger partial charge on any atom is 0.421 e.